The Kier molecular flexibility index (Phi) is 8.18. The van der Waals surface area contributed by atoms with E-state index in [1.54, 1.807) is 17.0 Å². The average molecular weight is 384 g/mol. The fourth-order valence-corrected chi connectivity index (χ4v) is 3.16. The number of amides is 2. The third-order valence-electron chi connectivity index (χ3n) is 4.57. The zero-order chi connectivity index (χ0) is 20.5. The summed E-state index contributed by atoms with van der Waals surface area (Å²) in [5.74, 6) is -0.605. The standard InChI is InChI=1S/C23H29FN2O2/c1-4-21(23(28)25-17(2)3)26(15-14-18-8-6-5-7-9-18)22(27)16-19-10-12-20(24)13-11-19/h5-13,17,21H,4,14-16H2,1-3H3,(H,25,28)/t21-/m1/s1. The van der Waals surface area contributed by atoms with Crippen LogP contribution in [0, 0.1) is 5.82 Å². The lowest BCUT2D eigenvalue weighted by Gasteiger charge is -2.31. The van der Waals surface area contributed by atoms with E-state index >= 15 is 0 Å². The lowest BCUT2D eigenvalue weighted by molar-refractivity contribution is -0.140. The molecule has 2 aromatic carbocycles. The Hall–Kier alpha value is -2.69. The third kappa shape index (κ3) is 6.48. The maximum Gasteiger partial charge on any atom is 0.242 e. The molecule has 0 saturated carbocycles. The van der Waals surface area contributed by atoms with Gasteiger partial charge in [0.2, 0.25) is 11.8 Å². The molecule has 2 aromatic rings. The summed E-state index contributed by atoms with van der Waals surface area (Å²) in [6, 6.07) is 15.3. The lowest BCUT2D eigenvalue weighted by Crippen LogP contribution is -2.51. The maximum atomic E-state index is 13.2. The van der Waals surface area contributed by atoms with Gasteiger partial charge in [-0.25, -0.2) is 4.39 Å². The van der Waals surface area contributed by atoms with Crippen LogP contribution in [0.2, 0.25) is 0 Å². The second-order valence-corrected chi connectivity index (χ2v) is 7.21. The molecule has 4 nitrogen and oxygen atoms in total. The molecule has 150 valence electrons. The number of nitrogens with one attached hydrogen (secondary N) is 1. The summed E-state index contributed by atoms with van der Waals surface area (Å²) < 4.78 is 13.2. The van der Waals surface area contributed by atoms with Crippen LogP contribution in [0.4, 0.5) is 4.39 Å². The Bertz CT molecular complexity index is 760. The van der Waals surface area contributed by atoms with Gasteiger partial charge in [0.15, 0.2) is 0 Å². The largest absolute Gasteiger partial charge is 0.352 e. The summed E-state index contributed by atoms with van der Waals surface area (Å²) in [7, 11) is 0. The highest BCUT2D eigenvalue weighted by atomic mass is 19.1. The molecule has 0 unspecified atom stereocenters. The second-order valence-electron chi connectivity index (χ2n) is 7.21. The quantitative estimate of drug-likeness (QED) is 0.716. The van der Waals surface area contributed by atoms with E-state index in [1.165, 1.54) is 12.1 Å². The minimum absolute atomic E-state index is 0.00437. The van der Waals surface area contributed by atoms with Crippen molar-refractivity contribution >= 4 is 11.8 Å². The van der Waals surface area contributed by atoms with Crippen molar-refractivity contribution in [1.82, 2.24) is 10.2 Å². The monoisotopic (exact) mass is 384 g/mol. The van der Waals surface area contributed by atoms with E-state index in [4.69, 9.17) is 0 Å². The first-order valence-electron chi connectivity index (χ1n) is 9.79. The summed E-state index contributed by atoms with van der Waals surface area (Å²) in [5, 5.41) is 2.92. The van der Waals surface area contributed by atoms with Crippen LogP contribution in [0.15, 0.2) is 54.6 Å². The summed E-state index contributed by atoms with van der Waals surface area (Å²) in [4.78, 5) is 27.4. The van der Waals surface area contributed by atoms with Crippen molar-refractivity contribution in [3.63, 3.8) is 0 Å². The van der Waals surface area contributed by atoms with Crippen LogP contribution in [-0.4, -0.2) is 35.3 Å². The molecule has 0 saturated heterocycles. The lowest BCUT2D eigenvalue weighted by atomic mass is 10.1. The van der Waals surface area contributed by atoms with Gasteiger partial charge in [-0.1, -0.05) is 49.4 Å². The normalized spacial score (nSPS) is 11.9. The van der Waals surface area contributed by atoms with E-state index in [2.05, 4.69) is 5.32 Å². The van der Waals surface area contributed by atoms with Crippen LogP contribution in [0.25, 0.3) is 0 Å². The van der Waals surface area contributed by atoms with Gasteiger partial charge >= 0.3 is 0 Å². The van der Waals surface area contributed by atoms with Gasteiger partial charge in [-0.3, -0.25) is 9.59 Å². The van der Waals surface area contributed by atoms with Gasteiger partial charge in [0.25, 0.3) is 0 Å². The smallest absolute Gasteiger partial charge is 0.242 e. The highest BCUT2D eigenvalue weighted by molar-refractivity contribution is 5.88. The number of carbonyl (C=O) groups excluding carboxylic acids is 2. The van der Waals surface area contributed by atoms with E-state index in [0.717, 1.165) is 11.1 Å². The SMILES string of the molecule is CC[C@H](C(=O)NC(C)C)N(CCc1ccccc1)C(=O)Cc1ccc(F)cc1. The first kappa shape index (κ1) is 21.6. The first-order chi connectivity index (χ1) is 13.4. The third-order valence-corrected chi connectivity index (χ3v) is 4.57. The molecule has 0 aliphatic heterocycles. The maximum absolute atomic E-state index is 13.2. The number of hydrogen-bond donors (Lipinski definition) is 1. The summed E-state index contributed by atoms with van der Waals surface area (Å²) in [5.41, 5.74) is 1.84. The predicted octanol–water partition coefficient (Wildman–Crippen LogP) is 3.74. The number of benzene rings is 2. The van der Waals surface area contributed by atoms with Gasteiger partial charge in [0, 0.05) is 12.6 Å². The van der Waals surface area contributed by atoms with Gasteiger partial charge in [-0.15, -0.1) is 0 Å². The molecule has 0 aliphatic carbocycles. The number of hydrogen-bond acceptors (Lipinski definition) is 2. The van der Waals surface area contributed by atoms with Gasteiger partial charge in [0.1, 0.15) is 11.9 Å². The zero-order valence-corrected chi connectivity index (χ0v) is 16.8. The van der Waals surface area contributed by atoms with Crippen LogP contribution in [0.1, 0.15) is 38.3 Å². The number of halogens is 1. The number of carbonyl (C=O) groups is 2. The number of rotatable bonds is 9. The molecule has 2 rings (SSSR count). The first-order valence-corrected chi connectivity index (χ1v) is 9.79. The molecular formula is C23H29FN2O2. The second kappa shape index (κ2) is 10.6. The molecule has 1 atom stereocenters. The van der Waals surface area contributed by atoms with Crippen molar-refractivity contribution in [1.29, 1.82) is 0 Å². The zero-order valence-electron chi connectivity index (χ0n) is 16.8. The van der Waals surface area contributed by atoms with Crippen molar-refractivity contribution < 1.29 is 14.0 Å². The van der Waals surface area contributed by atoms with Crippen LogP contribution in [0.5, 0.6) is 0 Å². The molecule has 0 heterocycles. The van der Waals surface area contributed by atoms with Crippen LogP contribution >= 0.6 is 0 Å². The highest BCUT2D eigenvalue weighted by Gasteiger charge is 2.28. The fourth-order valence-electron chi connectivity index (χ4n) is 3.16. The van der Waals surface area contributed by atoms with E-state index < -0.39 is 6.04 Å². The molecule has 5 heteroatoms. The van der Waals surface area contributed by atoms with Crippen molar-refractivity contribution in [2.75, 3.05) is 6.54 Å². The van der Waals surface area contributed by atoms with Gasteiger partial charge in [-0.05, 0) is 49.9 Å². The molecule has 0 bridgehead atoms. The molecule has 0 fully saturated rings. The summed E-state index contributed by atoms with van der Waals surface area (Å²) in [6.07, 6.45) is 1.34. The Morgan fingerprint density at radius 1 is 1.00 bits per heavy atom. The Morgan fingerprint density at radius 3 is 2.21 bits per heavy atom. The van der Waals surface area contributed by atoms with Crippen molar-refractivity contribution in [2.45, 2.75) is 52.1 Å². The van der Waals surface area contributed by atoms with E-state index in [0.29, 0.717) is 19.4 Å². The molecule has 0 radical (unpaired) electrons. The summed E-state index contributed by atoms with van der Waals surface area (Å²) in [6.45, 7) is 6.16. The molecule has 28 heavy (non-hydrogen) atoms. The highest BCUT2D eigenvalue weighted by Crippen LogP contribution is 2.13. The van der Waals surface area contributed by atoms with Gasteiger partial charge in [0.05, 0.1) is 6.42 Å². The van der Waals surface area contributed by atoms with E-state index in [-0.39, 0.29) is 30.1 Å². The van der Waals surface area contributed by atoms with E-state index in [1.807, 2.05) is 51.1 Å². The van der Waals surface area contributed by atoms with Crippen LogP contribution in [-0.2, 0) is 22.4 Å². The molecule has 0 spiro atoms. The van der Waals surface area contributed by atoms with Gasteiger partial charge in [-0.2, -0.15) is 0 Å². The number of nitrogens with zero attached hydrogens (tertiary/aromatic N) is 1. The van der Waals surface area contributed by atoms with E-state index in [9.17, 15) is 14.0 Å². The average Bonchev–Trinajstić information content (AvgIpc) is 2.67. The van der Waals surface area contributed by atoms with Gasteiger partial charge < -0.3 is 10.2 Å². The molecule has 0 aromatic heterocycles. The Labute approximate surface area is 166 Å². The predicted molar refractivity (Wildman–Crippen MR) is 109 cm³/mol. The van der Waals surface area contributed by atoms with Crippen molar-refractivity contribution in [3.05, 3.63) is 71.5 Å². The fraction of sp³-hybridized carbons (Fsp3) is 0.391. The van der Waals surface area contributed by atoms with Crippen molar-refractivity contribution in [2.24, 2.45) is 0 Å². The Balaban J connectivity index is 2.18. The van der Waals surface area contributed by atoms with Crippen LogP contribution < -0.4 is 5.32 Å². The van der Waals surface area contributed by atoms with Crippen LogP contribution in [0.3, 0.4) is 0 Å². The minimum Gasteiger partial charge on any atom is -0.352 e. The topological polar surface area (TPSA) is 49.4 Å². The Morgan fingerprint density at radius 2 is 1.64 bits per heavy atom. The molecule has 2 amide bonds. The minimum atomic E-state index is -0.529. The molecule has 0 aliphatic rings. The van der Waals surface area contributed by atoms with Crippen molar-refractivity contribution in [3.8, 4) is 0 Å². The summed E-state index contributed by atoms with van der Waals surface area (Å²) >= 11 is 0. The molecular weight excluding hydrogens is 355 g/mol. The molecule has 1 N–H and O–H groups in total.